The predicted molar refractivity (Wildman–Crippen MR) is 143 cm³/mol. The molecule has 3 N–H and O–H groups in total. The number of nitrogens with one attached hydrogen (secondary N) is 2. The highest BCUT2D eigenvalue weighted by Gasteiger charge is 2.38. The number of carbonyl (C=O) groups excluding carboxylic acids is 1. The minimum atomic E-state index is -5.08. The molecule has 4 rings (SSSR count). The third-order valence-corrected chi connectivity index (χ3v) is 7.34. The summed E-state index contributed by atoms with van der Waals surface area (Å²) in [5.41, 5.74) is 0.351. The number of thiazole rings is 1. The standard InChI is InChI=1S/C24H18F3N3O3S2.C2HF3O2/c1-15-7-10-18(11-8-15)35(32,33)30-20-13-17(24(25,26)27)9-12-19(20)22(31)29-23-28-21(14-34-23)16-5-3-2-4-6-16;3-2(4,5)1(6)7/h2-14,30H,1H3,(H,28,29,31);(H,6,7). The molecule has 1 aromatic heterocycles. The Kier molecular flexibility index (Phi) is 9.63. The molecule has 3 aromatic carbocycles. The minimum absolute atomic E-state index is 0.153. The Morgan fingerprint density at radius 2 is 1.50 bits per heavy atom. The van der Waals surface area contributed by atoms with Crippen LogP contribution in [0.3, 0.4) is 0 Å². The second-order valence-corrected chi connectivity index (χ2v) is 10.9. The number of alkyl halides is 6. The van der Waals surface area contributed by atoms with E-state index in [0.717, 1.165) is 34.6 Å². The third kappa shape index (κ3) is 8.53. The van der Waals surface area contributed by atoms with Gasteiger partial charge in [0.2, 0.25) is 0 Å². The number of carbonyl (C=O) groups is 2. The second kappa shape index (κ2) is 12.6. The zero-order chi connectivity index (χ0) is 31.3. The summed E-state index contributed by atoms with van der Waals surface area (Å²) in [6.07, 6.45) is -9.82. The van der Waals surface area contributed by atoms with Crippen LogP contribution in [0.4, 0.5) is 37.2 Å². The minimum Gasteiger partial charge on any atom is -0.475 e. The average Bonchev–Trinajstić information content (AvgIpc) is 3.37. The molecule has 0 bridgehead atoms. The maximum atomic E-state index is 13.3. The van der Waals surface area contributed by atoms with Crippen LogP contribution in [0, 0.1) is 6.92 Å². The zero-order valence-corrected chi connectivity index (χ0v) is 22.8. The van der Waals surface area contributed by atoms with Crippen LogP contribution >= 0.6 is 11.3 Å². The molecule has 0 fully saturated rings. The van der Waals surface area contributed by atoms with E-state index >= 15 is 0 Å². The molecule has 0 saturated carbocycles. The van der Waals surface area contributed by atoms with E-state index in [1.54, 1.807) is 24.4 Å². The first kappa shape index (κ1) is 32.1. The van der Waals surface area contributed by atoms with E-state index in [0.29, 0.717) is 11.8 Å². The summed E-state index contributed by atoms with van der Waals surface area (Å²) in [6.45, 7) is 1.76. The normalized spacial score (nSPS) is 11.7. The summed E-state index contributed by atoms with van der Waals surface area (Å²) in [5.74, 6) is -3.57. The Labute approximate surface area is 238 Å². The molecule has 0 unspecified atom stereocenters. The summed E-state index contributed by atoms with van der Waals surface area (Å²) in [7, 11) is -4.26. The molecule has 4 aromatic rings. The van der Waals surface area contributed by atoms with Gasteiger partial charge in [0.25, 0.3) is 15.9 Å². The number of aliphatic carboxylic acids is 1. The molecule has 1 heterocycles. The number of anilines is 2. The van der Waals surface area contributed by atoms with Gasteiger partial charge in [-0.25, -0.2) is 18.2 Å². The summed E-state index contributed by atoms with van der Waals surface area (Å²) < 4.78 is 99.5. The molecular formula is C26H19F6N3O5S2. The lowest BCUT2D eigenvalue weighted by molar-refractivity contribution is -0.192. The molecule has 0 aliphatic carbocycles. The van der Waals surface area contributed by atoms with E-state index in [1.165, 1.54) is 12.1 Å². The smallest absolute Gasteiger partial charge is 0.475 e. The van der Waals surface area contributed by atoms with Crippen molar-refractivity contribution in [2.24, 2.45) is 0 Å². The Bertz CT molecular complexity index is 1670. The Hall–Kier alpha value is -4.44. The first-order chi connectivity index (χ1) is 19.5. The summed E-state index contributed by atoms with van der Waals surface area (Å²) in [6, 6.07) is 17.2. The van der Waals surface area contributed by atoms with E-state index in [2.05, 4.69) is 15.0 Å². The topological polar surface area (TPSA) is 125 Å². The number of carboxylic acids is 1. The number of nitrogens with zero attached hydrogens (tertiary/aromatic N) is 1. The van der Waals surface area contributed by atoms with Crippen molar-refractivity contribution in [1.82, 2.24) is 4.98 Å². The van der Waals surface area contributed by atoms with Crippen LogP contribution in [0.2, 0.25) is 0 Å². The van der Waals surface area contributed by atoms with E-state index in [-0.39, 0.29) is 15.6 Å². The number of hydrogen-bond acceptors (Lipinski definition) is 6. The van der Waals surface area contributed by atoms with Crippen molar-refractivity contribution >= 4 is 44.1 Å². The molecule has 0 aliphatic rings. The molecule has 0 saturated heterocycles. The number of sulfonamides is 1. The van der Waals surface area contributed by atoms with Gasteiger partial charge in [0.05, 0.1) is 27.4 Å². The van der Waals surface area contributed by atoms with Gasteiger partial charge in [-0.15, -0.1) is 11.3 Å². The fraction of sp³-hybridized carbons (Fsp3) is 0.115. The lowest BCUT2D eigenvalue weighted by Gasteiger charge is -2.15. The molecule has 222 valence electrons. The van der Waals surface area contributed by atoms with Crippen LogP contribution in [0.5, 0.6) is 0 Å². The highest BCUT2D eigenvalue weighted by atomic mass is 32.2. The van der Waals surface area contributed by atoms with Gasteiger partial charge in [0.15, 0.2) is 5.13 Å². The zero-order valence-electron chi connectivity index (χ0n) is 21.1. The number of aromatic nitrogens is 1. The number of carboxylic acid groups (broad SMARTS) is 1. The molecule has 8 nitrogen and oxygen atoms in total. The van der Waals surface area contributed by atoms with Gasteiger partial charge in [-0.3, -0.25) is 14.8 Å². The van der Waals surface area contributed by atoms with E-state index in [9.17, 15) is 39.6 Å². The maximum absolute atomic E-state index is 13.3. The van der Waals surface area contributed by atoms with Crippen LogP contribution < -0.4 is 10.0 Å². The van der Waals surface area contributed by atoms with Crippen molar-refractivity contribution in [2.45, 2.75) is 24.2 Å². The van der Waals surface area contributed by atoms with Gasteiger partial charge >= 0.3 is 18.3 Å². The number of halogens is 6. The Morgan fingerprint density at radius 3 is 2.05 bits per heavy atom. The fourth-order valence-electron chi connectivity index (χ4n) is 3.16. The first-order valence-electron chi connectivity index (χ1n) is 11.4. The third-order valence-electron chi connectivity index (χ3n) is 5.20. The van der Waals surface area contributed by atoms with Gasteiger partial charge < -0.3 is 5.11 Å². The molecule has 16 heteroatoms. The van der Waals surface area contributed by atoms with Crippen molar-refractivity contribution in [2.75, 3.05) is 10.0 Å². The number of aryl methyl sites for hydroxylation is 1. The molecule has 0 spiro atoms. The highest BCUT2D eigenvalue weighted by Crippen LogP contribution is 2.34. The van der Waals surface area contributed by atoms with Gasteiger partial charge in [-0.05, 0) is 37.3 Å². The Morgan fingerprint density at radius 1 is 0.905 bits per heavy atom. The number of hydrogen-bond donors (Lipinski definition) is 3. The maximum Gasteiger partial charge on any atom is 0.490 e. The molecule has 42 heavy (non-hydrogen) atoms. The molecule has 0 aliphatic heterocycles. The Balaban J connectivity index is 0.000000616. The number of rotatable bonds is 6. The lowest BCUT2D eigenvalue weighted by Crippen LogP contribution is -2.21. The summed E-state index contributed by atoms with van der Waals surface area (Å²) in [4.78, 5) is 26.0. The van der Waals surface area contributed by atoms with Crippen LogP contribution in [0.25, 0.3) is 11.3 Å². The molecular weight excluding hydrogens is 612 g/mol. The van der Waals surface area contributed by atoms with Crippen LogP contribution in [0.15, 0.2) is 83.1 Å². The van der Waals surface area contributed by atoms with Crippen molar-refractivity contribution in [3.05, 3.63) is 94.9 Å². The van der Waals surface area contributed by atoms with Gasteiger partial charge in [0, 0.05) is 10.9 Å². The molecule has 0 atom stereocenters. The van der Waals surface area contributed by atoms with Crippen molar-refractivity contribution < 1.29 is 49.5 Å². The predicted octanol–water partition coefficient (Wildman–Crippen LogP) is 6.82. The van der Waals surface area contributed by atoms with E-state index in [1.807, 2.05) is 30.3 Å². The number of amides is 1. The van der Waals surface area contributed by atoms with Crippen LogP contribution in [0.1, 0.15) is 21.5 Å². The monoisotopic (exact) mass is 631 g/mol. The quantitative estimate of drug-likeness (QED) is 0.201. The summed E-state index contributed by atoms with van der Waals surface area (Å²) >= 11 is 1.13. The van der Waals surface area contributed by atoms with Crippen molar-refractivity contribution in [3.8, 4) is 11.3 Å². The number of benzene rings is 3. The van der Waals surface area contributed by atoms with Gasteiger partial charge in [-0.1, -0.05) is 48.0 Å². The largest absolute Gasteiger partial charge is 0.490 e. The first-order valence-corrected chi connectivity index (χ1v) is 13.8. The molecule has 1 amide bonds. The second-order valence-electron chi connectivity index (χ2n) is 8.34. The van der Waals surface area contributed by atoms with E-state index in [4.69, 9.17) is 9.90 Å². The van der Waals surface area contributed by atoms with E-state index < -0.39 is 45.5 Å². The fourth-order valence-corrected chi connectivity index (χ4v) is 4.95. The highest BCUT2D eigenvalue weighted by molar-refractivity contribution is 7.92. The van der Waals surface area contributed by atoms with Crippen LogP contribution in [-0.4, -0.2) is 36.6 Å². The summed E-state index contributed by atoms with van der Waals surface area (Å²) in [5, 5.41) is 11.6. The average molecular weight is 632 g/mol. The van der Waals surface area contributed by atoms with Gasteiger partial charge in [0.1, 0.15) is 0 Å². The van der Waals surface area contributed by atoms with Crippen molar-refractivity contribution in [1.29, 1.82) is 0 Å². The van der Waals surface area contributed by atoms with Crippen molar-refractivity contribution in [3.63, 3.8) is 0 Å². The van der Waals surface area contributed by atoms with Gasteiger partial charge in [-0.2, -0.15) is 26.3 Å². The lowest BCUT2D eigenvalue weighted by atomic mass is 10.1. The molecule has 0 radical (unpaired) electrons. The van der Waals surface area contributed by atoms with Crippen LogP contribution in [-0.2, 0) is 21.0 Å². The SMILES string of the molecule is Cc1ccc(S(=O)(=O)Nc2cc(C(F)(F)F)ccc2C(=O)Nc2nc(-c3ccccc3)cs2)cc1.O=C(O)C(F)(F)F.